The largest absolute Gasteiger partial charge is 0.386 e. The highest BCUT2D eigenvalue weighted by Crippen LogP contribution is 2.26. The van der Waals surface area contributed by atoms with E-state index >= 15 is 0 Å². The van der Waals surface area contributed by atoms with Crippen molar-refractivity contribution >= 4 is 0 Å². The summed E-state index contributed by atoms with van der Waals surface area (Å²) < 4.78 is 5.83. The smallest absolute Gasteiger partial charge is 0.0975 e. The molecule has 0 aliphatic heterocycles. The van der Waals surface area contributed by atoms with Crippen molar-refractivity contribution in [1.82, 2.24) is 5.32 Å². The molecule has 3 nitrogen and oxygen atoms in total. The number of hydrogen-bond acceptors (Lipinski definition) is 3. The fourth-order valence-corrected chi connectivity index (χ4v) is 2.27. The van der Waals surface area contributed by atoms with E-state index in [1.165, 1.54) is 12.8 Å². The Morgan fingerprint density at radius 1 is 1.44 bits per heavy atom. The molecule has 3 heteroatoms. The van der Waals surface area contributed by atoms with Crippen molar-refractivity contribution in [3.63, 3.8) is 0 Å². The van der Waals surface area contributed by atoms with Crippen LogP contribution in [0.5, 0.6) is 0 Å². The molecule has 0 amide bonds. The number of rotatable bonds is 6. The lowest BCUT2D eigenvalue weighted by Crippen LogP contribution is -2.43. The molecule has 1 saturated carbocycles. The van der Waals surface area contributed by atoms with E-state index < -0.39 is 5.60 Å². The summed E-state index contributed by atoms with van der Waals surface area (Å²) in [6.45, 7) is 8.09. The Labute approximate surface area is 99.6 Å². The molecule has 1 rings (SSSR count). The first kappa shape index (κ1) is 13.9. The summed E-state index contributed by atoms with van der Waals surface area (Å²) in [4.78, 5) is 0. The fraction of sp³-hybridized carbons (Fsp3) is 1.00. The molecule has 0 aromatic rings. The summed E-state index contributed by atoms with van der Waals surface area (Å²) in [5, 5.41) is 13.2. The maximum Gasteiger partial charge on any atom is 0.0975 e. The summed E-state index contributed by atoms with van der Waals surface area (Å²) >= 11 is 0. The Bertz CT molecular complexity index is 194. The molecule has 0 bridgehead atoms. The second kappa shape index (κ2) is 6.58. The Kier molecular flexibility index (Phi) is 5.73. The van der Waals surface area contributed by atoms with Gasteiger partial charge in [-0.2, -0.15) is 0 Å². The highest BCUT2D eigenvalue weighted by molar-refractivity contribution is 4.77. The summed E-state index contributed by atoms with van der Waals surface area (Å²) in [5.74, 6) is 0.775. The van der Waals surface area contributed by atoms with Gasteiger partial charge in [0.05, 0.1) is 18.3 Å². The van der Waals surface area contributed by atoms with Crippen LogP contribution in [-0.2, 0) is 4.74 Å². The van der Waals surface area contributed by atoms with Crippen LogP contribution in [0.15, 0.2) is 0 Å². The van der Waals surface area contributed by atoms with Gasteiger partial charge in [-0.25, -0.2) is 0 Å². The molecule has 3 unspecified atom stereocenters. The van der Waals surface area contributed by atoms with Gasteiger partial charge >= 0.3 is 0 Å². The van der Waals surface area contributed by atoms with Crippen molar-refractivity contribution < 1.29 is 9.84 Å². The molecular formula is C13H27NO2. The molecule has 0 radical (unpaired) electrons. The van der Waals surface area contributed by atoms with Gasteiger partial charge in [-0.15, -0.1) is 0 Å². The van der Waals surface area contributed by atoms with Gasteiger partial charge in [0.2, 0.25) is 0 Å². The zero-order valence-corrected chi connectivity index (χ0v) is 11.0. The van der Waals surface area contributed by atoms with Crippen molar-refractivity contribution in [3.8, 4) is 0 Å². The minimum Gasteiger partial charge on any atom is -0.386 e. The number of nitrogens with one attached hydrogen (secondary N) is 1. The Hall–Kier alpha value is -0.120. The van der Waals surface area contributed by atoms with E-state index in [9.17, 15) is 5.11 Å². The third-order valence-corrected chi connectivity index (χ3v) is 3.27. The third kappa shape index (κ3) is 5.28. The SMILES string of the molecule is CCNCC(C)(O)COC1CCCC(C)C1. The monoisotopic (exact) mass is 229 g/mol. The van der Waals surface area contributed by atoms with Gasteiger partial charge in [0.25, 0.3) is 0 Å². The van der Waals surface area contributed by atoms with Crippen LogP contribution in [0.2, 0.25) is 0 Å². The van der Waals surface area contributed by atoms with E-state index in [0.29, 0.717) is 19.3 Å². The lowest BCUT2D eigenvalue weighted by molar-refractivity contribution is -0.0746. The van der Waals surface area contributed by atoms with Crippen LogP contribution in [0.4, 0.5) is 0 Å². The van der Waals surface area contributed by atoms with Gasteiger partial charge < -0.3 is 15.2 Å². The van der Waals surface area contributed by atoms with Gasteiger partial charge in [0, 0.05) is 6.54 Å². The molecule has 96 valence electrons. The van der Waals surface area contributed by atoms with Crippen LogP contribution >= 0.6 is 0 Å². The molecular weight excluding hydrogens is 202 g/mol. The van der Waals surface area contributed by atoms with Crippen molar-refractivity contribution in [1.29, 1.82) is 0 Å². The fourth-order valence-electron chi connectivity index (χ4n) is 2.27. The molecule has 0 aromatic heterocycles. The first-order valence-corrected chi connectivity index (χ1v) is 6.58. The number of ether oxygens (including phenoxy) is 1. The van der Waals surface area contributed by atoms with Crippen LogP contribution in [0.3, 0.4) is 0 Å². The normalized spacial score (nSPS) is 30.0. The Morgan fingerprint density at radius 2 is 2.19 bits per heavy atom. The van der Waals surface area contributed by atoms with Crippen molar-refractivity contribution in [3.05, 3.63) is 0 Å². The summed E-state index contributed by atoms with van der Waals surface area (Å²) in [6, 6.07) is 0. The van der Waals surface area contributed by atoms with Gasteiger partial charge in [0.15, 0.2) is 0 Å². The van der Waals surface area contributed by atoms with Crippen LogP contribution in [0.1, 0.15) is 46.5 Å². The zero-order chi connectivity index (χ0) is 12.0. The molecule has 1 aliphatic carbocycles. The van der Waals surface area contributed by atoms with E-state index in [1.807, 2.05) is 13.8 Å². The minimum absolute atomic E-state index is 0.358. The Balaban J connectivity index is 2.21. The molecule has 2 N–H and O–H groups in total. The average Bonchev–Trinajstić information content (AvgIpc) is 2.24. The predicted molar refractivity (Wildman–Crippen MR) is 66.5 cm³/mol. The number of hydrogen-bond donors (Lipinski definition) is 2. The van der Waals surface area contributed by atoms with Crippen molar-refractivity contribution in [2.24, 2.45) is 5.92 Å². The van der Waals surface area contributed by atoms with Gasteiger partial charge in [0.1, 0.15) is 0 Å². The first-order chi connectivity index (χ1) is 7.53. The predicted octanol–water partition coefficient (Wildman–Crippen LogP) is 1.94. The van der Waals surface area contributed by atoms with Gasteiger partial charge in [-0.3, -0.25) is 0 Å². The second-order valence-electron chi connectivity index (χ2n) is 5.48. The van der Waals surface area contributed by atoms with E-state index in [2.05, 4.69) is 12.2 Å². The van der Waals surface area contributed by atoms with Crippen molar-refractivity contribution in [2.45, 2.75) is 58.2 Å². The maximum absolute atomic E-state index is 10.1. The summed E-state index contributed by atoms with van der Waals surface area (Å²) in [7, 11) is 0. The molecule has 0 aromatic carbocycles. The molecule has 16 heavy (non-hydrogen) atoms. The van der Waals surface area contributed by atoms with Crippen LogP contribution in [-0.4, -0.2) is 36.5 Å². The first-order valence-electron chi connectivity index (χ1n) is 6.58. The summed E-state index contributed by atoms with van der Waals surface area (Å²) in [6.07, 6.45) is 5.25. The summed E-state index contributed by atoms with van der Waals surface area (Å²) in [5.41, 5.74) is -0.739. The Morgan fingerprint density at radius 3 is 2.81 bits per heavy atom. The van der Waals surface area contributed by atoms with Crippen molar-refractivity contribution in [2.75, 3.05) is 19.7 Å². The molecule has 0 heterocycles. The van der Waals surface area contributed by atoms with Crippen LogP contribution in [0, 0.1) is 5.92 Å². The molecule has 1 aliphatic rings. The number of likely N-dealkylation sites (N-methyl/N-ethyl adjacent to an activating group) is 1. The van der Waals surface area contributed by atoms with E-state index in [4.69, 9.17) is 4.74 Å². The van der Waals surface area contributed by atoms with E-state index in [1.54, 1.807) is 0 Å². The highest BCUT2D eigenvalue weighted by Gasteiger charge is 2.24. The number of aliphatic hydroxyl groups is 1. The quantitative estimate of drug-likeness (QED) is 0.731. The highest BCUT2D eigenvalue weighted by atomic mass is 16.5. The van der Waals surface area contributed by atoms with Gasteiger partial charge in [-0.1, -0.05) is 26.7 Å². The molecule has 0 saturated heterocycles. The van der Waals surface area contributed by atoms with Crippen LogP contribution in [0.25, 0.3) is 0 Å². The standard InChI is InChI=1S/C13H27NO2/c1-4-14-9-13(3,15)10-16-12-7-5-6-11(2)8-12/h11-12,14-15H,4-10H2,1-3H3. The zero-order valence-electron chi connectivity index (χ0n) is 11.0. The van der Waals surface area contributed by atoms with Gasteiger partial charge in [-0.05, 0) is 32.2 Å². The minimum atomic E-state index is -0.739. The molecule has 3 atom stereocenters. The molecule has 1 fully saturated rings. The maximum atomic E-state index is 10.1. The lowest BCUT2D eigenvalue weighted by Gasteiger charge is -2.30. The molecule has 0 spiro atoms. The third-order valence-electron chi connectivity index (χ3n) is 3.27. The van der Waals surface area contributed by atoms with Crippen LogP contribution < -0.4 is 5.32 Å². The average molecular weight is 229 g/mol. The lowest BCUT2D eigenvalue weighted by atomic mass is 9.88. The van der Waals surface area contributed by atoms with E-state index in [0.717, 1.165) is 25.3 Å². The second-order valence-corrected chi connectivity index (χ2v) is 5.48. The van der Waals surface area contributed by atoms with E-state index in [-0.39, 0.29) is 0 Å². The topological polar surface area (TPSA) is 41.5 Å².